The highest BCUT2D eigenvalue weighted by molar-refractivity contribution is 5.29. The molecule has 1 aliphatic rings. The van der Waals surface area contributed by atoms with E-state index in [1.165, 1.54) is 31.2 Å². The van der Waals surface area contributed by atoms with Crippen LogP contribution in [0.1, 0.15) is 57.6 Å². The summed E-state index contributed by atoms with van der Waals surface area (Å²) in [5, 5.41) is 3.72. The standard InChI is InChI=1S/C17H28N2O/c1-4-11-18-16(14-9-7-13(2)8-10-14)15-6-5-12-19-17(15)20-3/h5-6,12-14,16,18H,4,7-11H2,1-3H3. The third kappa shape index (κ3) is 3.72. The Morgan fingerprint density at radius 3 is 2.75 bits per heavy atom. The van der Waals surface area contributed by atoms with Crippen LogP contribution >= 0.6 is 0 Å². The van der Waals surface area contributed by atoms with E-state index in [2.05, 4.69) is 30.2 Å². The van der Waals surface area contributed by atoms with Crippen molar-refractivity contribution in [1.29, 1.82) is 0 Å². The lowest BCUT2D eigenvalue weighted by molar-refractivity contribution is 0.227. The lowest BCUT2D eigenvalue weighted by atomic mass is 9.77. The number of nitrogens with one attached hydrogen (secondary N) is 1. The van der Waals surface area contributed by atoms with Gasteiger partial charge in [-0.25, -0.2) is 4.98 Å². The third-order valence-corrected chi connectivity index (χ3v) is 4.48. The van der Waals surface area contributed by atoms with Gasteiger partial charge in [0, 0.05) is 17.8 Å². The normalized spacial score (nSPS) is 24.4. The number of nitrogens with zero attached hydrogens (tertiary/aromatic N) is 1. The predicted molar refractivity (Wildman–Crippen MR) is 82.9 cm³/mol. The molecule has 3 heteroatoms. The van der Waals surface area contributed by atoms with E-state index in [0.29, 0.717) is 12.0 Å². The Balaban J connectivity index is 2.18. The molecule has 1 heterocycles. The summed E-state index contributed by atoms with van der Waals surface area (Å²) in [6.45, 7) is 5.64. The second kappa shape index (κ2) is 7.63. The Morgan fingerprint density at radius 2 is 2.10 bits per heavy atom. The molecule has 1 aromatic heterocycles. The molecule has 0 amide bonds. The van der Waals surface area contributed by atoms with Crippen molar-refractivity contribution >= 4 is 0 Å². The number of hydrogen-bond donors (Lipinski definition) is 1. The first-order chi connectivity index (χ1) is 9.76. The van der Waals surface area contributed by atoms with Gasteiger partial charge >= 0.3 is 0 Å². The number of hydrogen-bond acceptors (Lipinski definition) is 3. The van der Waals surface area contributed by atoms with E-state index in [4.69, 9.17) is 4.74 Å². The van der Waals surface area contributed by atoms with Crippen LogP contribution in [0.3, 0.4) is 0 Å². The fourth-order valence-corrected chi connectivity index (χ4v) is 3.26. The molecule has 0 aliphatic heterocycles. The Kier molecular flexibility index (Phi) is 5.84. The molecule has 1 N–H and O–H groups in total. The smallest absolute Gasteiger partial charge is 0.217 e. The van der Waals surface area contributed by atoms with Crippen LogP contribution in [0.4, 0.5) is 0 Å². The maximum atomic E-state index is 5.47. The van der Waals surface area contributed by atoms with Gasteiger partial charge in [-0.05, 0) is 43.7 Å². The average Bonchev–Trinajstić information content (AvgIpc) is 2.50. The molecule has 20 heavy (non-hydrogen) atoms. The number of pyridine rings is 1. The van der Waals surface area contributed by atoms with E-state index in [1.807, 2.05) is 12.3 Å². The van der Waals surface area contributed by atoms with Gasteiger partial charge in [-0.15, -0.1) is 0 Å². The fraction of sp³-hybridized carbons (Fsp3) is 0.706. The maximum absolute atomic E-state index is 5.47. The van der Waals surface area contributed by atoms with Crippen LogP contribution in [0, 0.1) is 11.8 Å². The first kappa shape index (κ1) is 15.3. The molecular formula is C17H28N2O. The fourth-order valence-electron chi connectivity index (χ4n) is 3.26. The van der Waals surface area contributed by atoms with Crippen molar-refractivity contribution in [3.63, 3.8) is 0 Å². The molecule has 1 atom stereocenters. The molecule has 1 fully saturated rings. The van der Waals surface area contributed by atoms with Gasteiger partial charge in [0.05, 0.1) is 7.11 Å². The summed E-state index contributed by atoms with van der Waals surface area (Å²) < 4.78 is 5.47. The molecule has 0 saturated heterocycles. The highest BCUT2D eigenvalue weighted by Crippen LogP contribution is 2.38. The highest BCUT2D eigenvalue weighted by Gasteiger charge is 2.28. The quantitative estimate of drug-likeness (QED) is 0.854. The van der Waals surface area contributed by atoms with Crippen molar-refractivity contribution < 1.29 is 4.74 Å². The summed E-state index contributed by atoms with van der Waals surface area (Å²) in [4.78, 5) is 4.37. The van der Waals surface area contributed by atoms with Crippen LogP contribution in [0.5, 0.6) is 5.88 Å². The number of methoxy groups -OCH3 is 1. The zero-order chi connectivity index (χ0) is 14.4. The molecule has 1 saturated carbocycles. The summed E-state index contributed by atoms with van der Waals surface area (Å²) >= 11 is 0. The van der Waals surface area contributed by atoms with Crippen molar-refractivity contribution in [2.45, 2.75) is 52.0 Å². The van der Waals surface area contributed by atoms with E-state index in [1.54, 1.807) is 7.11 Å². The lowest BCUT2D eigenvalue weighted by Gasteiger charge is -2.34. The van der Waals surface area contributed by atoms with Crippen molar-refractivity contribution in [3.8, 4) is 5.88 Å². The second-order valence-electron chi connectivity index (χ2n) is 6.05. The van der Waals surface area contributed by atoms with Gasteiger partial charge in [-0.3, -0.25) is 0 Å². The van der Waals surface area contributed by atoms with Crippen molar-refractivity contribution in [2.75, 3.05) is 13.7 Å². The molecule has 1 aliphatic carbocycles. The van der Waals surface area contributed by atoms with E-state index in [0.717, 1.165) is 24.8 Å². The third-order valence-electron chi connectivity index (χ3n) is 4.48. The van der Waals surface area contributed by atoms with Gasteiger partial charge in [0.15, 0.2) is 0 Å². The SMILES string of the molecule is CCCNC(c1cccnc1OC)C1CCC(C)CC1. The lowest BCUT2D eigenvalue weighted by Crippen LogP contribution is -2.31. The molecule has 1 unspecified atom stereocenters. The monoisotopic (exact) mass is 276 g/mol. The Labute approximate surface area is 123 Å². The minimum absolute atomic E-state index is 0.381. The van der Waals surface area contributed by atoms with Gasteiger partial charge in [0.25, 0.3) is 0 Å². The first-order valence-electron chi connectivity index (χ1n) is 7.98. The molecule has 0 bridgehead atoms. The summed E-state index contributed by atoms with van der Waals surface area (Å²) in [6.07, 6.45) is 8.26. The van der Waals surface area contributed by atoms with Crippen LogP contribution in [0.15, 0.2) is 18.3 Å². The van der Waals surface area contributed by atoms with Crippen LogP contribution in [0.25, 0.3) is 0 Å². The minimum atomic E-state index is 0.381. The average molecular weight is 276 g/mol. The topological polar surface area (TPSA) is 34.2 Å². The zero-order valence-corrected chi connectivity index (χ0v) is 13.1. The number of aromatic nitrogens is 1. The van der Waals surface area contributed by atoms with E-state index < -0.39 is 0 Å². The Morgan fingerprint density at radius 1 is 1.35 bits per heavy atom. The number of ether oxygens (including phenoxy) is 1. The van der Waals surface area contributed by atoms with Gasteiger partial charge in [0.2, 0.25) is 5.88 Å². The van der Waals surface area contributed by atoms with Crippen LogP contribution in [-0.2, 0) is 0 Å². The van der Waals surface area contributed by atoms with Crippen LogP contribution in [-0.4, -0.2) is 18.6 Å². The molecule has 112 valence electrons. The summed E-state index contributed by atoms with van der Waals surface area (Å²) in [6, 6.07) is 4.56. The van der Waals surface area contributed by atoms with E-state index >= 15 is 0 Å². The molecular weight excluding hydrogens is 248 g/mol. The molecule has 1 aromatic rings. The van der Waals surface area contributed by atoms with Gasteiger partial charge in [-0.1, -0.05) is 32.8 Å². The van der Waals surface area contributed by atoms with Crippen molar-refractivity contribution in [1.82, 2.24) is 10.3 Å². The molecule has 0 aromatic carbocycles. The second-order valence-corrected chi connectivity index (χ2v) is 6.05. The highest BCUT2D eigenvalue weighted by atomic mass is 16.5. The van der Waals surface area contributed by atoms with Crippen LogP contribution < -0.4 is 10.1 Å². The molecule has 0 spiro atoms. The largest absolute Gasteiger partial charge is 0.481 e. The van der Waals surface area contributed by atoms with E-state index in [-0.39, 0.29) is 0 Å². The van der Waals surface area contributed by atoms with Crippen molar-refractivity contribution in [2.24, 2.45) is 11.8 Å². The predicted octanol–water partition coefficient (Wildman–Crippen LogP) is 3.96. The summed E-state index contributed by atoms with van der Waals surface area (Å²) in [5.41, 5.74) is 1.23. The van der Waals surface area contributed by atoms with Crippen LogP contribution in [0.2, 0.25) is 0 Å². The molecule has 0 radical (unpaired) electrons. The molecule has 3 nitrogen and oxygen atoms in total. The minimum Gasteiger partial charge on any atom is -0.481 e. The summed E-state index contributed by atoms with van der Waals surface area (Å²) in [7, 11) is 1.71. The first-order valence-corrected chi connectivity index (χ1v) is 7.98. The van der Waals surface area contributed by atoms with Gasteiger partial charge < -0.3 is 10.1 Å². The van der Waals surface area contributed by atoms with Gasteiger partial charge in [0.1, 0.15) is 0 Å². The Hall–Kier alpha value is -1.09. The maximum Gasteiger partial charge on any atom is 0.217 e. The number of rotatable bonds is 6. The van der Waals surface area contributed by atoms with E-state index in [9.17, 15) is 0 Å². The van der Waals surface area contributed by atoms with Crippen molar-refractivity contribution in [3.05, 3.63) is 23.9 Å². The zero-order valence-electron chi connectivity index (χ0n) is 13.1. The summed E-state index contributed by atoms with van der Waals surface area (Å²) in [5.74, 6) is 2.37. The Bertz CT molecular complexity index is 400. The molecule has 2 rings (SSSR count). The van der Waals surface area contributed by atoms with Gasteiger partial charge in [-0.2, -0.15) is 0 Å².